The van der Waals surface area contributed by atoms with Crippen molar-refractivity contribution in [3.8, 4) is 0 Å². The van der Waals surface area contributed by atoms with Crippen molar-refractivity contribution in [3.05, 3.63) is 47.8 Å². The molecule has 1 atom stereocenters. The Bertz CT molecular complexity index is 671. The number of hydrogen-bond acceptors (Lipinski definition) is 5. The molecule has 0 radical (unpaired) electrons. The summed E-state index contributed by atoms with van der Waals surface area (Å²) >= 11 is 0. The van der Waals surface area contributed by atoms with Gasteiger partial charge in [-0.15, -0.1) is 5.10 Å². The molecule has 2 aromatic rings. The van der Waals surface area contributed by atoms with Crippen molar-refractivity contribution in [1.29, 1.82) is 0 Å². The fourth-order valence-corrected chi connectivity index (χ4v) is 2.91. The summed E-state index contributed by atoms with van der Waals surface area (Å²) in [6.07, 6.45) is 3.52. The van der Waals surface area contributed by atoms with Crippen LogP contribution in [-0.2, 0) is 11.3 Å². The highest BCUT2D eigenvalue weighted by molar-refractivity contribution is 5.94. The predicted octanol–water partition coefficient (Wildman–Crippen LogP) is 0.729. The first kappa shape index (κ1) is 16.6. The molecule has 7 heteroatoms. The van der Waals surface area contributed by atoms with Crippen molar-refractivity contribution in [3.63, 3.8) is 0 Å². The molecule has 1 amide bonds. The number of morpholine rings is 1. The van der Waals surface area contributed by atoms with E-state index in [1.165, 1.54) is 0 Å². The molecule has 1 fully saturated rings. The fraction of sp³-hybridized carbons (Fsp3) is 0.471. The molecule has 0 saturated carbocycles. The molecule has 1 aromatic heterocycles. The van der Waals surface area contributed by atoms with Crippen molar-refractivity contribution in [2.24, 2.45) is 0 Å². The standard InChI is InChI=1S/C17H23N5O2/c1-20(2)12-16-13-21(8-9-24-16)17(23)15-5-3-4-14(10-15)11-22-7-6-18-19-22/h3-7,10,16H,8-9,11-13H2,1-2H3. The maximum Gasteiger partial charge on any atom is 0.254 e. The van der Waals surface area contributed by atoms with Gasteiger partial charge in [-0.2, -0.15) is 0 Å². The molecule has 1 saturated heterocycles. The van der Waals surface area contributed by atoms with Crippen LogP contribution in [0.4, 0.5) is 0 Å². The lowest BCUT2D eigenvalue weighted by atomic mass is 10.1. The van der Waals surface area contributed by atoms with E-state index in [4.69, 9.17) is 4.74 Å². The summed E-state index contributed by atoms with van der Waals surface area (Å²) < 4.78 is 7.49. The molecule has 0 spiro atoms. The van der Waals surface area contributed by atoms with Crippen LogP contribution in [0.25, 0.3) is 0 Å². The Morgan fingerprint density at radius 1 is 1.42 bits per heavy atom. The molecule has 1 aliphatic heterocycles. The SMILES string of the molecule is CN(C)CC1CN(C(=O)c2cccc(Cn3ccnn3)c2)CCO1. The molecule has 2 heterocycles. The van der Waals surface area contributed by atoms with Gasteiger partial charge in [-0.3, -0.25) is 4.79 Å². The van der Waals surface area contributed by atoms with Gasteiger partial charge < -0.3 is 14.5 Å². The molecular weight excluding hydrogens is 306 g/mol. The van der Waals surface area contributed by atoms with Gasteiger partial charge >= 0.3 is 0 Å². The third-order valence-corrected chi connectivity index (χ3v) is 3.99. The third-order valence-electron chi connectivity index (χ3n) is 3.99. The van der Waals surface area contributed by atoms with Crippen LogP contribution in [0.1, 0.15) is 15.9 Å². The Balaban J connectivity index is 1.68. The minimum absolute atomic E-state index is 0.0579. The molecule has 24 heavy (non-hydrogen) atoms. The zero-order valence-electron chi connectivity index (χ0n) is 14.1. The van der Waals surface area contributed by atoms with Crippen LogP contribution in [0.5, 0.6) is 0 Å². The van der Waals surface area contributed by atoms with Gasteiger partial charge in [0.15, 0.2) is 0 Å². The van der Waals surface area contributed by atoms with Crippen LogP contribution >= 0.6 is 0 Å². The maximum atomic E-state index is 12.8. The third kappa shape index (κ3) is 4.18. The number of benzene rings is 1. The zero-order chi connectivity index (χ0) is 16.9. The highest BCUT2D eigenvalue weighted by Gasteiger charge is 2.25. The second-order valence-corrected chi connectivity index (χ2v) is 6.31. The number of likely N-dealkylation sites (N-methyl/N-ethyl adjacent to an activating group) is 1. The number of hydrogen-bond donors (Lipinski definition) is 0. The van der Waals surface area contributed by atoms with Gasteiger partial charge in [-0.1, -0.05) is 17.3 Å². The van der Waals surface area contributed by atoms with Gasteiger partial charge in [0.1, 0.15) is 0 Å². The van der Waals surface area contributed by atoms with Gasteiger partial charge in [-0.05, 0) is 31.8 Å². The van der Waals surface area contributed by atoms with E-state index in [1.807, 2.05) is 49.5 Å². The van der Waals surface area contributed by atoms with Gasteiger partial charge in [0, 0.05) is 31.4 Å². The van der Waals surface area contributed by atoms with Gasteiger partial charge in [0.05, 0.1) is 25.5 Å². The van der Waals surface area contributed by atoms with Crippen LogP contribution in [0.3, 0.4) is 0 Å². The Labute approximate surface area is 141 Å². The Morgan fingerprint density at radius 3 is 3.04 bits per heavy atom. The number of nitrogens with zero attached hydrogens (tertiary/aromatic N) is 5. The molecule has 1 unspecified atom stereocenters. The average molecular weight is 329 g/mol. The molecular formula is C17H23N5O2. The summed E-state index contributed by atoms with van der Waals surface area (Å²) in [4.78, 5) is 16.8. The van der Waals surface area contributed by atoms with Crippen molar-refractivity contribution in [2.45, 2.75) is 12.6 Å². The van der Waals surface area contributed by atoms with Crippen LogP contribution < -0.4 is 0 Å². The number of amides is 1. The van der Waals surface area contributed by atoms with E-state index in [2.05, 4.69) is 15.2 Å². The lowest BCUT2D eigenvalue weighted by molar-refractivity contribution is -0.0306. The van der Waals surface area contributed by atoms with Gasteiger partial charge in [-0.25, -0.2) is 4.68 Å². The monoisotopic (exact) mass is 329 g/mol. The highest BCUT2D eigenvalue weighted by Crippen LogP contribution is 2.13. The lowest BCUT2D eigenvalue weighted by Crippen LogP contribution is -2.48. The smallest absolute Gasteiger partial charge is 0.254 e. The summed E-state index contributed by atoms with van der Waals surface area (Å²) in [7, 11) is 4.02. The molecule has 1 aromatic carbocycles. The summed E-state index contributed by atoms with van der Waals surface area (Å²) in [5.41, 5.74) is 1.74. The van der Waals surface area contributed by atoms with E-state index in [-0.39, 0.29) is 12.0 Å². The number of rotatable bonds is 5. The van der Waals surface area contributed by atoms with Crippen molar-refractivity contribution in [1.82, 2.24) is 24.8 Å². The van der Waals surface area contributed by atoms with Gasteiger partial charge in [0.2, 0.25) is 0 Å². The minimum Gasteiger partial charge on any atom is -0.373 e. The molecule has 0 N–H and O–H groups in total. The number of carbonyl (C=O) groups is 1. The Kier molecular flexibility index (Phi) is 5.22. The predicted molar refractivity (Wildman–Crippen MR) is 89.8 cm³/mol. The topological polar surface area (TPSA) is 63.5 Å². The first-order valence-corrected chi connectivity index (χ1v) is 8.10. The van der Waals surface area contributed by atoms with E-state index in [0.29, 0.717) is 31.8 Å². The molecule has 0 aliphatic carbocycles. The first-order chi connectivity index (χ1) is 11.6. The summed E-state index contributed by atoms with van der Waals surface area (Å²) in [6.45, 7) is 3.27. The van der Waals surface area contributed by atoms with Crippen molar-refractivity contribution < 1.29 is 9.53 Å². The normalized spacial score (nSPS) is 18.1. The van der Waals surface area contributed by atoms with Crippen LogP contribution in [-0.4, -0.2) is 77.1 Å². The fourth-order valence-electron chi connectivity index (χ4n) is 2.91. The second kappa shape index (κ2) is 7.55. The number of ether oxygens (including phenoxy) is 1. The van der Waals surface area contributed by atoms with Crippen molar-refractivity contribution in [2.75, 3.05) is 40.3 Å². The average Bonchev–Trinajstić information content (AvgIpc) is 3.07. The zero-order valence-corrected chi connectivity index (χ0v) is 14.1. The van der Waals surface area contributed by atoms with Crippen LogP contribution in [0.2, 0.25) is 0 Å². The van der Waals surface area contributed by atoms with Gasteiger partial charge in [0.25, 0.3) is 5.91 Å². The van der Waals surface area contributed by atoms with E-state index in [0.717, 1.165) is 12.1 Å². The van der Waals surface area contributed by atoms with E-state index in [1.54, 1.807) is 10.9 Å². The molecule has 0 bridgehead atoms. The number of aromatic nitrogens is 3. The summed E-state index contributed by atoms with van der Waals surface area (Å²) in [6, 6.07) is 7.70. The van der Waals surface area contributed by atoms with E-state index >= 15 is 0 Å². The highest BCUT2D eigenvalue weighted by atomic mass is 16.5. The minimum atomic E-state index is 0.0579. The molecule has 7 nitrogen and oxygen atoms in total. The van der Waals surface area contributed by atoms with E-state index in [9.17, 15) is 4.79 Å². The summed E-state index contributed by atoms with van der Waals surface area (Å²) in [5.74, 6) is 0.0579. The molecule has 1 aliphatic rings. The second-order valence-electron chi connectivity index (χ2n) is 6.31. The quantitative estimate of drug-likeness (QED) is 0.809. The molecule has 128 valence electrons. The first-order valence-electron chi connectivity index (χ1n) is 8.10. The Morgan fingerprint density at radius 2 is 2.29 bits per heavy atom. The largest absolute Gasteiger partial charge is 0.373 e. The number of carbonyl (C=O) groups excluding carboxylic acids is 1. The lowest BCUT2D eigenvalue weighted by Gasteiger charge is -2.34. The van der Waals surface area contributed by atoms with Crippen molar-refractivity contribution >= 4 is 5.91 Å². The summed E-state index contributed by atoms with van der Waals surface area (Å²) in [5, 5.41) is 7.76. The van der Waals surface area contributed by atoms with Crippen LogP contribution in [0.15, 0.2) is 36.7 Å². The Hall–Kier alpha value is -2.25. The van der Waals surface area contributed by atoms with Crippen LogP contribution in [0, 0.1) is 0 Å². The molecule has 3 rings (SSSR count). The van der Waals surface area contributed by atoms with E-state index < -0.39 is 0 Å². The maximum absolute atomic E-state index is 12.8.